The molecule has 0 fully saturated rings. The van der Waals surface area contributed by atoms with Crippen molar-refractivity contribution in [2.24, 2.45) is 7.05 Å². The van der Waals surface area contributed by atoms with E-state index in [1.165, 1.54) is 6.92 Å². The summed E-state index contributed by atoms with van der Waals surface area (Å²) in [5.74, 6) is -0.291. The highest BCUT2D eigenvalue weighted by Gasteiger charge is 2.23. The SMILES string of the molecule is Cc1nn(C)c(C)c1NC(=O)[C@H](C)OC(=O)c1ccccc1COc1ccccc1. The minimum atomic E-state index is -0.973. The molecule has 0 bridgehead atoms. The van der Waals surface area contributed by atoms with Gasteiger partial charge in [-0.1, -0.05) is 36.4 Å². The molecule has 0 unspecified atom stereocenters. The molecule has 156 valence electrons. The fraction of sp³-hybridized carbons (Fsp3) is 0.261. The van der Waals surface area contributed by atoms with Crippen molar-refractivity contribution in [1.82, 2.24) is 9.78 Å². The Morgan fingerprint density at radius 2 is 1.73 bits per heavy atom. The van der Waals surface area contributed by atoms with Gasteiger partial charge in [0, 0.05) is 12.6 Å². The first kappa shape index (κ1) is 21.1. The summed E-state index contributed by atoms with van der Waals surface area (Å²) in [5, 5.41) is 7.06. The summed E-state index contributed by atoms with van der Waals surface area (Å²) >= 11 is 0. The number of anilines is 1. The van der Waals surface area contributed by atoms with E-state index in [0.29, 0.717) is 28.3 Å². The Morgan fingerprint density at radius 3 is 2.40 bits per heavy atom. The summed E-state index contributed by atoms with van der Waals surface area (Å²) in [4.78, 5) is 25.2. The number of hydrogen-bond donors (Lipinski definition) is 1. The lowest BCUT2D eigenvalue weighted by Crippen LogP contribution is -2.30. The van der Waals surface area contributed by atoms with Crippen LogP contribution in [0.3, 0.4) is 0 Å². The van der Waals surface area contributed by atoms with Crippen molar-refractivity contribution in [3.05, 3.63) is 77.1 Å². The minimum absolute atomic E-state index is 0.212. The van der Waals surface area contributed by atoms with E-state index in [4.69, 9.17) is 9.47 Å². The molecule has 7 heteroatoms. The van der Waals surface area contributed by atoms with Gasteiger partial charge in [0.15, 0.2) is 6.10 Å². The number of carbonyl (C=O) groups excluding carboxylic acids is 2. The van der Waals surface area contributed by atoms with Crippen LogP contribution in [0.1, 0.15) is 34.2 Å². The number of hydrogen-bond acceptors (Lipinski definition) is 5. The first-order valence-corrected chi connectivity index (χ1v) is 9.64. The highest BCUT2D eigenvalue weighted by Crippen LogP contribution is 2.20. The number of ether oxygens (including phenoxy) is 2. The van der Waals surface area contributed by atoms with Crippen LogP contribution in [0, 0.1) is 13.8 Å². The molecule has 2 aromatic carbocycles. The summed E-state index contributed by atoms with van der Waals surface area (Å²) < 4.78 is 12.8. The quantitative estimate of drug-likeness (QED) is 0.603. The molecule has 3 aromatic rings. The second kappa shape index (κ2) is 9.26. The molecule has 0 radical (unpaired) electrons. The van der Waals surface area contributed by atoms with Gasteiger partial charge in [0.25, 0.3) is 5.91 Å². The van der Waals surface area contributed by atoms with Crippen LogP contribution in [-0.4, -0.2) is 27.8 Å². The van der Waals surface area contributed by atoms with Crippen LogP contribution >= 0.6 is 0 Å². The molecule has 1 aromatic heterocycles. The normalized spacial score (nSPS) is 11.6. The van der Waals surface area contributed by atoms with Gasteiger partial charge < -0.3 is 14.8 Å². The fourth-order valence-electron chi connectivity index (χ4n) is 2.98. The smallest absolute Gasteiger partial charge is 0.339 e. The maximum absolute atomic E-state index is 12.7. The molecule has 0 saturated heterocycles. The summed E-state index contributed by atoms with van der Waals surface area (Å²) in [7, 11) is 1.80. The van der Waals surface area contributed by atoms with Gasteiger partial charge in [0.05, 0.1) is 22.6 Å². The molecule has 0 aliphatic heterocycles. The number of rotatable bonds is 7. The first-order valence-electron chi connectivity index (χ1n) is 9.64. The predicted molar refractivity (Wildman–Crippen MR) is 113 cm³/mol. The van der Waals surface area contributed by atoms with Crippen LogP contribution in [0.5, 0.6) is 5.75 Å². The zero-order valence-corrected chi connectivity index (χ0v) is 17.5. The third-order valence-electron chi connectivity index (χ3n) is 4.79. The number of benzene rings is 2. The third-order valence-corrected chi connectivity index (χ3v) is 4.79. The van der Waals surface area contributed by atoms with Gasteiger partial charge in [-0.25, -0.2) is 4.79 Å². The van der Waals surface area contributed by atoms with Crippen LogP contribution in [0.15, 0.2) is 54.6 Å². The summed E-state index contributed by atoms with van der Waals surface area (Å²) in [6.07, 6.45) is -0.973. The molecule has 1 atom stereocenters. The predicted octanol–water partition coefficient (Wildman–Crippen LogP) is 3.80. The highest BCUT2D eigenvalue weighted by molar-refractivity contribution is 5.98. The van der Waals surface area contributed by atoms with Gasteiger partial charge in [-0.05, 0) is 39.0 Å². The van der Waals surface area contributed by atoms with Crippen molar-refractivity contribution in [2.45, 2.75) is 33.5 Å². The fourth-order valence-corrected chi connectivity index (χ4v) is 2.98. The molecule has 1 N–H and O–H groups in total. The van der Waals surface area contributed by atoms with Crippen LogP contribution in [-0.2, 0) is 23.2 Å². The maximum atomic E-state index is 12.7. The summed E-state index contributed by atoms with van der Waals surface area (Å²) in [6.45, 7) is 5.42. The second-order valence-electron chi connectivity index (χ2n) is 6.97. The lowest BCUT2D eigenvalue weighted by molar-refractivity contribution is -0.123. The Labute approximate surface area is 175 Å². The molecule has 1 heterocycles. The highest BCUT2D eigenvalue weighted by atomic mass is 16.5. The topological polar surface area (TPSA) is 82.5 Å². The lowest BCUT2D eigenvalue weighted by Gasteiger charge is -2.15. The van der Waals surface area contributed by atoms with Crippen LogP contribution in [0.4, 0.5) is 5.69 Å². The number of aryl methyl sites for hydroxylation is 2. The van der Waals surface area contributed by atoms with Gasteiger partial charge in [0.1, 0.15) is 12.4 Å². The molecule has 0 spiro atoms. The Hall–Kier alpha value is -3.61. The molecule has 0 saturated carbocycles. The molecule has 3 rings (SSSR count). The van der Waals surface area contributed by atoms with Crippen LogP contribution in [0.25, 0.3) is 0 Å². The molecule has 0 aliphatic rings. The van der Waals surface area contributed by atoms with E-state index in [1.54, 1.807) is 29.9 Å². The first-order chi connectivity index (χ1) is 14.4. The average Bonchev–Trinajstić information content (AvgIpc) is 2.99. The van der Waals surface area contributed by atoms with Gasteiger partial charge in [-0.15, -0.1) is 0 Å². The van der Waals surface area contributed by atoms with E-state index in [-0.39, 0.29) is 6.61 Å². The van der Waals surface area contributed by atoms with E-state index >= 15 is 0 Å². The third kappa shape index (κ3) is 4.86. The van der Waals surface area contributed by atoms with E-state index in [9.17, 15) is 9.59 Å². The Bertz CT molecular complexity index is 1040. The number of carbonyl (C=O) groups is 2. The van der Waals surface area contributed by atoms with Crippen molar-refractivity contribution in [2.75, 3.05) is 5.32 Å². The molecule has 0 aliphatic carbocycles. The zero-order chi connectivity index (χ0) is 21.7. The number of nitrogens with one attached hydrogen (secondary N) is 1. The number of nitrogens with zero attached hydrogens (tertiary/aromatic N) is 2. The van der Waals surface area contributed by atoms with Crippen molar-refractivity contribution >= 4 is 17.6 Å². The number of aromatic nitrogens is 2. The molecular weight excluding hydrogens is 382 g/mol. The van der Waals surface area contributed by atoms with Crippen LogP contribution in [0.2, 0.25) is 0 Å². The Morgan fingerprint density at radius 1 is 1.07 bits per heavy atom. The second-order valence-corrected chi connectivity index (χ2v) is 6.97. The van der Waals surface area contributed by atoms with Gasteiger partial charge in [0.2, 0.25) is 0 Å². The van der Waals surface area contributed by atoms with Gasteiger partial charge in [-0.2, -0.15) is 5.10 Å². The van der Waals surface area contributed by atoms with E-state index < -0.39 is 18.0 Å². The maximum Gasteiger partial charge on any atom is 0.339 e. The largest absolute Gasteiger partial charge is 0.489 e. The van der Waals surface area contributed by atoms with Crippen molar-refractivity contribution in [3.8, 4) is 5.75 Å². The monoisotopic (exact) mass is 407 g/mol. The van der Waals surface area contributed by atoms with Crippen molar-refractivity contribution in [1.29, 1.82) is 0 Å². The number of amides is 1. The zero-order valence-electron chi connectivity index (χ0n) is 17.5. The van der Waals surface area contributed by atoms with Crippen molar-refractivity contribution in [3.63, 3.8) is 0 Å². The Kier molecular flexibility index (Phi) is 6.51. The van der Waals surface area contributed by atoms with Gasteiger partial charge >= 0.3 is 5.97 Å². The van der Waals surface area contributed by atoms with Crippen LogP contribution < -0.4 is 10.1 Å². The molecule has 7 nitrogen and oxygen atoms in total. The summed E-state index contributed by atoms with van der Waals surface area (Å²) in [5.41, 5.74) is 3.19. The van der Waals surface area contributed by atoms with E-state index in [1.807, 2.05) is 50.2 Å². The summed E-state index contributed by atoms with van der Waals surface area (Å²) in [6, 6.07) is 16.4. The van der Waals surface area contributed by atoms with E-state index in [2.05, 4.69) is 10.4 Å². The number of esters is 1. The Balaban J connectivity index is 1.65. The molecular formula is C23H25N3O4. The lowest BCUT2D eigenvalue weighted by atomic mass is 10.1. The standard InChI is InChI=1S/C23H25N3O4/c1-15-21(16(2)26(4)25-15)24-22(27)17(3)30-23(28)20-13-9-8-10-18(20)14-29-19-11-6-5-7-12-19/h5-13,17H,14H2,1-4H3,(H,24,27)/t17-/m0/s1. The van der Waals surface area contributed by atoms with Gasteiger partial charge in [-0.3, -0.25) is 9.48 Å². The minimum Gasteiger partial charge on any atom is -0.489 e. The number of para-hydroxylation sites is 1. The average molecular weight is 407 g/mol. The molecule has 30 heavy (non-hydrogen) atoms. The van der Waals surface area contributed by atoms with Crippen molar-refractivity contribution < 1.29 is 19.1 Å². The molecule has 1 amide bonds. The van der Waals surface area contributed by atoms with E-state index in [0.717, 1.165) is 5.69 Å².